The van der Waals surface area contributed by atoms with Gasteiger partial charge in [-0.1, -0.05) is 42.5 Å². The summed E-state index contributed by atoms with van der Waals surface area (Å²) in [5.74, 6) is 1.42. The smallest absolute Gasteiger partial charge is 0.246 e. The van der Waals surface area contributed by atoms with Crippen LogP contribution in [-0.2, 0) is 29.0 Å². The Morgan fingerprint density at radius 3 is 2.41 bits per heavy atom. The Morgan fingerprint density at radius 1 is 0.971 bits per heavy atom. The first kappa shape index (κ1) is 23.0. The molecule has 7 heteroatoms. The highest BCUT2D eigenvalue weighted by Crippen LogP contribution is 2.18. The summed E-state index contributed by atoms with van der Waals surface area (Å²) < 4.78 is 7.09. The summed E-state index contributed by atoms with van der Waals surface area (Å²) in [6.45, 7) is 0.599. The number of carbonyl (C=O) groups excluding carboxylic acids is 2. The van der Waals surface area contributed by atoms with Crippen molar-refractivity contribution in [2.24, 2.45) is 0 Å². The fourth-order valence-corrected chi connectivity index (χ4v) is 3.83. The minimum atomic E-state index is -0.0623. The van der Waals surface area contributed by atoms with E-state index in [1.54, 1.807) is 19.1 Å². The number of likely N-dealkylation sites (N-methyl/N-ethyl adjacent to an activating group) is 1. The first-order chi connectivity index (χ1) is 16.5. The van der Waals surface area contributed by atoms with Crippen LogP contribution in [0.2, 0.25) is 0 Å². The highest BCUT2D eigenvalue weighted by Gasteiger charge is 2.17. The average Bonchev–Trinajstić information content (AvgIpc) is 3.21. The van der Waals surface area contributed by atoms with Gasteiger partial charge in [0.2, 0.25) is 11.8 Å². The first-order valence-corrected chi connectivity index (χ1v) is 11.2. The summed E-state index contributed by atoms with van der Waals surface area (Å²) in [4.78, 5) is 31.8. The van der Waals surface area contributed by atoms with E-state index in [-0.39, 0.29) is 18.4 Å². The number of aromatic nitrogens is 2. The molecule has 0 saturated heterocycles. The SMILES string of the molecule is COc1ccc(CC(=O)NCCc2nc3ccccc3n2CC(=O)N(C)c2ccccc2)cc1. The first-order valence-electron chi connectivity index (χ1n) is 11.2. The third-order valence-electron chi connectivity index (χ3n) is 5.74. The van der Waals surface area contributed by atoms with E-state index in [2.05, 4.69) is 5.32 Å². The molecule has 0 atom stereocenters. The fraction of sp³-hybridized carbons (Fsp3) is 0.222. The number of amides is 2. The van der Waals surface area contributed by atoms with Gasteiger partial charge in [0.1, 0.15) is 18.1 Å². The lowest BCUT2D eigenvalue weighted by molar-refractivity contribution is -0.120. The summed E-state index contributed by atoms with van der Waals surface area (Å²) in [6, 6.07) is 24.8. The number of methoxy groups -OCH3 is 1. The molecular formula is C27H28N4O3. The van der Waals surface area contributed by atoms with Gasteiger partial charge >= 0.3 is 0 Å². The van der Waals surface area contributed by atoms with Gasteiger partial charge in [-0.2, -0.15) is 0 Å². The summed E-state index contributed by atoms with van der Waals surface area (Å²) in [5, 5.41) is 2.96. The minimum absolute atomic E-state index is 0.0425. The maximum atomic E-state index is 13.0. The molecule has 0 radical (unpaired) electrons. The molecular weight excluding hydrogens is 428 g/mol. The van der Waals surface area contributed by atoms with E-state index in [9.17, 15) is 9.59 Å². The standard InChI is InChI=1S/C27H28N4O3/c1-30(21-8-4-3-5-9-21)27(33)19-31-24-11-7-6-10-23(24)29-25(31)16-17-28-26(32)18-20-12-14-22(34-2)15-13-20/h3-15H,16-19H2,1-2H3,(H,28,32). The molecule has 1 heterocycles. The molecule has 3 aromatic carbocycles. The zero-order chi connectivity index (χ0) is 23.9. The van der Waals surface area contributed by atoms with Gasteiger partial charge in [0.25, 0.3) is 0 Å². The van der Waals surface area contributed by atoms with Crippen molar-refractivity contribution in [3.8, 4) is 5.75 Å². The molecule has 4 rings (SSSR count). The summed E-state index contributed by atoms with van der Waals surface area (Å²) in [5.41, 5.74) is 3.48. The molecule has 4 aromatic rings. The molecule has 7 nitrogen and oxygen atoms in total. The van der Waals surface area contributed by atoms with Crippen LogP contribution in [0.5, 0.6) is 5.75 Å². The number of fused-ring (bicyclic) bond motifs is 1. The van der Waals surface area contributed by atoms with Crippen LogP contribution in [0.25, 0.3) is 11.0 Å². The fourth-order valence-electron chi connectivity index (χ4n) is 3.83. The molecule has 34 heavy (non-hydrogen) atoms. The van der Waals surface area contributed by atoms with Crippen molar-refractivity contribution in [2.45, 2.75) is 19.4 Å². The van der Waals surface area contributed by atoms with Gasteiger partial charge in [0.05, 0.1) is 24.6 Å². The molecule has 2 amide bonds. The number of anilines is 1. The number of benzene rings is 3. The largest absolute Gasteiger partial charge is 0.497 e. The van der Waals surface area contributed by atoms with Crippen LogP contribution >= 0.6 is 0 Å². The van der Waals surface area contributed by atoms with Crippen molar-refractivity contribution >= 4 is 28.5 Å². The van der Waals surface area contributed by atoms with Crippen molar-refractivity contribution in [3.05, 3.63) is 90.3 Å². The Morgan fingerprint density at radius 2 is 1.68 bits per heavy atom. The molecule has 1 N–H and O–H groups in total. The number of carbonyl (C=O) groups is 2. The summed E-state index contributed by atoms with van der Waals surface area (Å²) in [6.07, 6.45) is 0.812. The van der Waals surface area contributed by atoms with Gasteiger partial charge < -0.3 is 19.5 Å². The highest BCUT2D eigenvalue weighted by atomic mass is 16.5. The lowest BCUT2D eigenvalue weighted by atomic mass is 10.1. The predicted octanol–water partition coefficient (Wildman–Crippen LogP) is 3.61. The number of hydrogen-bond donors (Lipinski definition) is 1. The normalized spacial score (nSPS) is 10.8. The van der Waals surface area contributed by atoms with Crippen LogP contribution in [-0.4, -0.2) is 42.1 Å². The van der Waals surface area contributed by atoms with Crippen LogP contribution in [0, 0.1) is 0 Å². The zero-order valence-corrected chi connectivity index (χ0v) is 19.4. The van der Waals surface area contributed by atoms with E-state index < -0.39 is 0 Å². The average molecular weight is 457 g/mol. The van der Waals surface area contributed by atoms with E-state index in [0.29, 0.717) is 19.4 Å². The van der Waals surface area contributed by atoms with Crippen molar-refractivity contribution in [1.82, 2.24) is 14.9 Å². The van der Waals surface area contributed by atoms with E-state index in [0.717, 1.165) is 33.9 Å². The molecule has 174 valence electrons. The van der Waals surface area contributed by atoms with Gasteiger partial charge in [-0.15, -0.1) is 0 Å². The van der Waals surface area contributed by atoms with Crippen LogP contribution in [0.4, 0.5) is 5.69 Å². The summed E-state index contributed by atoms with van der Waals surface area (Å²) >= 11 is 0. The van der Waals surface area contributed by atoms with Crippen molar-refractivity contribution < 1.29 is 14.3 Å². The third-order valence-corrected chi connectivity index (χ3v) is 5.74. The third kappa shape index (κ3) is 5.43. The van der Waals surface area contributed by atoms with Gasteiger partial charge in [-0.3, -0.25) is 9.59 Å². The Labute approximate surface area is 199 Å². The number of nitrogens with zero attached hydrogens (tertiary/aromatic N) is 3. The minimum Gasteiger partial charge on any atom is -0.497 e. The van der Waals surface area contributed by atoms with Crippen LogP contribution in [0.1, 0.15) is 11.4 Å². The van der Waals surface area contributed by atoms with E-state index in [4.69, 9.17) is 9.72 Å². The molecule has 0 aliphatic rings. The van der Waals surface area contributed by atoms with Gasteiger partial charge in [0, 0.05) is 25.7 Å². The van der Waals surface area contributed by atoms with Crippen LogP contribution in [0.15, 0.2) is 78.9 Å². The quantitative estimate of drug-likeness (QED) is 0.418. The molecule has 1 aromatic heterocycles. The van der Waals surface area contributed by atoms with Gasteiger partial charge in [-0.25, -0.2) is 4.98 Å². The lowest BCUT2D eigenvalue weighted by Gasteiger charge is -2.18. The lowest BCUT2D eigenvalue weighted by Crippen LogP contribution is -2.31. The molecule has 0 aliphatic carbocycles. The van der Waals surface area contributed by atoms with E-state index in [1.807, 2.05) is 83.4 Å². The molecule has 0 fully saturated rings. The number of imidazole rings is 1. The topological polar surface area (TPSA) is 76.5 Å². The number of rotatable bonds is 9. The van der Waals surface area contributed by atoms with Gasteiger partial charge in [0.15, 0.2) is 0 Å². The van der Waals surface area contributed by atoms with E-state index in [1.165, 1.54) is 0 Å². The predicted molar refractivity (Wildman–Crippen MR) is 133 cm³/mol. The van der Waals surface area contributed by atoms with Crippen molar-refractivity contribution in [3.63, 3.8) is 0 Å². The number of hydrogen-bond acceptors (Lipinski definition) is 4. The zero-order valence-electron chi connectivity index (χ0n) is 19.4. The Balaban J connectivity index is 1.42. The second kappa shape index (κ2) is 10.7. The Kier molecular flexibility index (Phi) is 7.22. The Hall–Kier alpha value is -4.13. The van der Waals surface area contributed by atoms with Crippen LogP contribution in [0.3, 0.4) is 0 Å². The maximum absolute atomic E-state index is 13.0. The Bertz CT molecular complexity index is 1270. The molecule has 0 unspecified atom stereocenters. The highest BCUT2D eigenvalue weighted by molar-refractivity contribution is 5.93. The van der Waals surface area contributed by atoms with E-state index >= 15 is 0 Å². The second-order valence-electron chi connectivity index (χ2n) is 8.02. The monoisotopic (exact) mass is 456 g/mol. The van der Waals surface area contributed by atoms with Crippen molar-refractivity contribution in [1.29, 1.82) is 0 Å². The summed E-state index contributed by atoms with van der Waals surface area (Å²) in [7, 11) is 3.39. The number of para-hydroxylation sites is 3. The molecule has 0 aliphatic heterocycles. The second-order valence-corrected chi connectivity index (χ2v) is 8.02. The molecule has 0 bridgehead atoms. The maximum Gasteiger partial charge on any atom is 0.246 e. The van der Waals surface area contributed by atoms with Gasteiger partial charge in [-0.05, 0) is 42.0 Å². The van der Waals surface area contributed by atoms with Crippen molar-refractivity contribution in [2.75, 3.05) is 25.6 Å². The number of ether oxygens (including phenoxy) is 1. The number of nitrogens with one attached hydrogen (secondary N) is 1. The van der Waals surface area contributed by atoms with Crippen LogP contribution < -0.4 is 15.0 Å². The molecule has 0 saturated carbocycles. The molecule has 0 spiro atoms.